The molecular formula is C16H21NO4. The maximum atomic E-state index is 12.0. The zero-order valence-corrected chi connectivity index (χ0v) is 12.5. The Bertz CT molecular complexity index is 488. The lowest BCUT2D eigenvalue weighted by Crippen LogP contribution is -2.32. The molecule has 114 valence electrons. The fourth-order valence-electron chi connectivity index (χ4n) is 2.63. The van der Waals surface area contributed by atoms with Crippen molar-refractivity contribution in [2.24, 2.45) is 5.92 Å². The van der Waals surface area contributed by atoms with E-state index in [0.29, 0.717) is 19.7 Å². The Morgan fingerprint density at radius 3 is 2.57 bits per heavy atom. The van der Waals surface area contributed by atoms with Gasteiger partial charge in [0, 0.05) is 26.6 Å². The van der Waals surface area contributed by atoms with Crippen molar-refractivity contribution in [2.45, 2.75) is 26.5 Å². The average molecular weight is 291 g/mol. The number of esters is 2. The normalized spacial score (nSPS) is 22.0. The number of hydrogen-bond donors (Lipinski definition) is 0. The lowest BCUT2D eigenvalue weighted by molar-refractivity contribution is -0.157. The highest BCUT2D eigenvalue weighted by Crippen LogP contribution is 2.23. The molecule has 5 nitrogen and oxygen atoms in total. The maximum Gasteiger partial charge on any atom is 0.314 e. The van der Waals surface area contributed by atoms with Crippen molar-refractivity contribution in [3.63, 3.8) is 0 Å². The largest absolute Gasteiger partial charge is 0.466 e. The van der Waals surface area contributed by atoms with Gasteiger partial charge in [0.25, 0.3) is 0 Å². The molecule has 1 fully saturated rings. The molecule has 1 aromatic rings. The highest BCUT2D eigenvalue weighted by atomic mass is 16.6. The van der Waals surface area contributed by atoms with Gasteiger partial charge in [-0.1, -0.05) is 30.3 Å². The van der Waals surface area contributed by atoms with Crippen molar-refractivity contribution in [3.8, 4) is 0 Å². The lowest BCUT2D eigenvalue weighted by Gasteiger charge is -2.16. The van der Waals surface area contributed by atoms with Crippen LogP contribution in [0.4, 0.5) is 0 Å². The molecule has 1 aliphatic heterocycles. The van der Waals surface area contributed by atoms with Gasteiger partial charge >= 0.3 is 11.9 Å². The highest BCUT2D eigenvalue weighted by Gasteiger charge is 2.40. The first kappa shape index (κ1) is 15.5. The van der Waals surface area contributed by atoms with Crippen molar-refractivity contribution in [3.05, 3.63) is 35.9 Å². The van der Waals surface area contributed by atoms with E-state index < -0.39 is 12.0 Å². The summed E-state index contributed by atoms with van der Waals surface area (Å²) in [5.74, 6) is -1.06. The van der Waals surface area contributed by atoms with Crippen LogP contribution in [0.15, 0.2) is 30.3 Å². The summed E-state index contributed by atoms with van der Waals surface area (Å²) in [6.07, 6.45) is -0.426. The van der Waals surface area contributed by atoms with E-state index in [1.54, 1.807) is 6.92 Å². The zero-order chi connectivity index (χ0) is 15.2. The first-order valence-corrected chi connectivity index (χ1v) is 7.20. The van der Waals surface area contributed by atoms with E-state index in [9.17, 15) is 9.59 Å². The third kappa shape index (κ3) is 4.29. The van der Waals surface area contributed by atoms with Crippen LogP contribution in [-0.4, -0.2) is 42.6 Å². The quantitative estimate of drug-likeness (QED) is 0.772. The summed E-state index contributed by atoms with van der Waals surface area (Å²) >= 11 is 0. The van der Waals surface area contributed by atoms with Gasteiger partial charge in [0.05, 0.1) is 6.61 Å². The Morgan fingerprint density at radius 2 is 1.95 bits per heavy atom. The summed E-state index contributed by atoms with van der Waals surface area (Å²) in [6.45, 7) is 5.30. The Morgan fingerprint density at radius 1 is 1.24 bits per heavy atom. The van der Waals surface area contributed by atoms with Crippen LogP contribution in [-0.2, 0) is 25.6 Å². The van der Waals surface area contributed by atoms with Gasteiger partial charge in [0.2, 0.25) is 0 Å². The van der Waals surface area contributed by atoms with Crippen LogP contribution in [0.5, 0.6) is 0 Å². The molecular weight excluding hydrogens is 270 g/mol. The van der Waals surface area contributed by atoms with Crippen LogP contribution in [0, 0.1) is 5.92 Å². The molecule has 21 heavy (non-hydrogen) atoms. The molecule has 0 radical (unpaired) electrons. The summed E-state index contributed by atoms with van der Waals surface area (Å²) in [5.41, 5.74) is 1.17. The summed E-state index contributed by atoms with van der Waals surface area (Å²) in [4.78, 5) is 25.3. The Balaban J connectivity index is 2.02. The van der Waals surface area contributed by atoms with Gasteiger partial charge < -0.3 is 9.47 Å². The number of hydrogen-bond acceptors (Lipinski definition) is 5. The standard InChI is InChI=1S/C16H21NO4/c1-3-20-16(19)14-10-17(11-15(14)21-12(2)18)9-13-7-5-4-6-8-13/h4-8,14-15H,3,9-11H2,1-2H3. The summed E-state index contributed by atoms with van der Waals surface area (Å²) in [7, 11) is 0. The second-order valence-electron chi connectivity index (χ2n) is 5.19. The molecule has 0 spiro atoms. The number of nitrogens with zero attached hydrogens (tertiary/aromatic N) is 1. The Labute approximate surface area is 124 Å². The highest BCUT2D eigenvalue weighted by molar-refractivity contribution is 5.75. The fraction of sp³-hybridized carbons (Fsp3) is 0.500. The van der Waals surface area contributed by atoms with Gasteiger partial charge in [-0.3, -0.25) is 14.5 Å². The van der Waals surface area contributed by atoms with E-state index in [4.69, 9.17) is 9.47 Å². The van der Waals surface area contributed by atoms with E-state index in [-0.39, 0.29) is 11.9 Å². The van der Waals surface area contributed by atoms with Gasteiger partial charge in [0.1, 0.15) is 12.0 Å². The first-order chi connectivity index (χ1) is 10.1. The molecule has 0 N–H and O–H groups in total. The summed E-state index contributed by atoms with van der Waals surface area (Å²) in [5, 5.41) is 0. The molecule has 0 saturated carbocycles. The summed E-state index contributed by atoms with van der Waals surface area (Å²) in [6, 6.07) is 10.0. The van der Waals surface area contributed by atoms with Crippen LogP contribution < -0.4 is 0 Å². The minimum Gasteiger partial charge on any atom is -0.466 e. The van der Waals surface area contributed by atoms with Crippen molar-refractivity contribution in [1.29, 1.82) is 0 Å². The van der Waals surface area contributed by atoms with Gasteiger partial charge in [0.15, 0.2) is 0 Å². The third-order valence-electron chi connectivity index (χ3n) is 3.50. The maximum absolute atomic E-state index is 12.0. The topological polar surface area (TPSA) is 55.8 Å². The van der Waals surface area contributed by atoms with Crippen LogP contribution in [0.1, 0.15) is 19.4 Å². The molecule has 1 aromatic carbocycles. The number of carbonyl (C=O) groups is 2. The SMILES string of the molecule is CCOC(=O)C1CN(Cc2ccccc2)CC1OC(C)=O. The van der Waals surface area contributed by atoms with Gasteiger partial charge in [-0.25, -0.2) is 0 Å². The molecule has 0 bridgehead atoms. The lowest BCUT2D eigenvalue weighted by atomic mass is 10.1. The molecule has 0 aromatic heterocycles. The number of likely N-dealkylation sites (tertiary alicyclic amines) is 1. The molecule has 0 aliphatic carbocycles. The minimum atomic E-state index is -0.426. The predicted molar refractivity (Wildman–Crippen MR) is 77.4 cm³/mol. The summed E-state index contributed by atoms with van der Waals surface area (Å²) < 4.78 is 10.4. The molecule has 5 heteroatoms. The van der Waals surface area contributed by atoms with E-state index in [1.807, 2.05) is 30.3 Å². The molecule has 1 saturated heterocycles. The Hall–Kier alpha value is -1.88. The monoisotopic (exact) mass is 291 g/mol. The molecule has 1 aliphatic rings. The van der Waals surface area contributed by atoms with E-state index in [0.717, 1.165) is 6.54 Å². The zero-order valence-electron chi connectivity index (χ0n) is 12.5. The van der Waals surface area contributed by atoms with Crippen LogP contribution >= 0.6 is 0 Å². The van der Waals surface area contributed by atoms with Crippen molar-refractivity contribution >= 4 is 11.9 Å². The Kier molecular flexibility index (Phi) is 5.33. The molecule has 1 heterocycles. The van der Waals surface area contributed by atoms with E-state index in [2.05, 4.69) is 4.90 Å². The fourth-order valence-corrected chi connectivity index (χ4v) is 2.63. The number of ether oxygens (including phenoxy) is 2. The van der Waals surface area contributed by atoms with E-state index in [1.165, 1.54) is 12.5 Å². The van der Waals surface area contributed by atoms with Crippen LogP contribution in [0.25, 0.3) is 0 Å². The van der Waals surface area contributed by atoms with Gasteiger partial charge in [-0.15, -0.1) is 0 Å². The molecule has 2 atom stereocenters. The first-order valence-electron chi connectivity index (χ1n) is 7.20. The van der Waals surface area contributed by atoms with E-state index >= 15 is 0 Å². The van der Waals surface area contributed by atoms with Crippen LogP contribution in [0.2, 0.25) is 0 Å². The van der Waals surface area contributed by atoms with Crippen molar-refractivity contribution < 1.29 is 19.1 Å². The number of carbonyl (C=O) groups excluding carboxylic acids is 2. The molecule has 2 unspecified atom stereocenters. The number of rotatable bonds is 5. The second kappa shape index (κ2) is 7.22. The van der Waals surface area contributed by atoms with Crippen molar-refractivity contribution in [1.82, 2.24) is 4.90 Å². The molecule has 2 rings (SSSR count). The number of benzene rings is 1. The minimum absolute atomic E-state index is 0.292. The van der Waals surface area contributed by atoms with Gasteiger partial charge in [-0.2, -0.15) is 0 Å². The van der Waals surface area contributed by atoms with Gasteiger partial charge in [-0.05, 0) is 12.5 Å². The molecule has 0 amide bonds. The second-order valence-corrected chi connectivity index (χ2v) is 5.19. The van der Waals surface area contributed by atoms with Crippen molar-refractivity contribution in [2.75, 3.05) is 19.7 Å². The van der Waals surface area contributed by atoms with Crippen LogP contribution in [0.3, 0.4) is 0 Å². The predicted octanol–water partition coefficient (Wildman–Crippen LogP) is 1.61. The average Bonchev–Trinajstić information content (AvgIpc) is 2.82. The third-order valence-corrected chi connectivity index (χ3v) is 3.50. The smallest absolute Gasteiger partial charge is 0.314 e.